The van der Waals surface area contributed by atoms with Crippen molar-refractivity contribution in [1.82, 2.24) is 5.32 Å². The summed E-state index contributed by atoms with van der Waals surface area (Å²) >= 11 is 0. The number of aryl methyl sites for hydroxylation is 3. The van der Waals surface area contributed by atoms with Crippen LogP contribution in [0.4, 0.5) is 16.2 Å². The molecule has 2 heterocycles. The first-order valence-corrected chi connectivity index (χ1v) is 9.99. The van der Waals surface area contributed by atoms with Crippen molar-refractivity contribution in [3.8, 4) is 11.3 Å². The first kappa shape index (κ1) is 21.7. The lowest BCUT2D eigenvalue weighted by atomic mass is 10.1. The predicted molar refractivity (Wildman–Crippen MR) is 120 cm³/mol. The number of benzene rings is 2. The smallest absolute Gasteiger partial charge is 0.335 e. The number of furan rings is 1. The number of carbonyl (C=O) groups is 3. The van der Waals surface area contributed by atoms with Crippen LogP contribution in [0.2, 0.25) is 0 Å². The molecule has 0 atom stereocenters. The summed E-state index contributed by atoms with van der Waals surface area (Å²) in [6, 6.07) is 12.0. The molecular formula is C24H19N3O6. The van der Waals surface area contributed by atoms with E-state index in [2.05, 4.69) is 5.32 Å². The molecule has 1 aromatic heterocycles. The molecule has 1 N–H and O–H groups in total. The van der Waals surface area contributed by atoms with Gasteiger partial charge in [-0.2, -0.15) is 0 Å². The van der Waals surface area contributed by atoms with Gasteiger partial charge in [0, 0.05) is 17.7 Å². The predicted octanol–water partition coefficient (Wildman–Crippen LogP) is 4.45. The number of anilines is 1. The largest absolute Gasteiger partial charge is 0.457 e. The third-order valence-corrected chi connectivity index (χ3v) is 5.18. The highest BCUT2D eigenvalue weighted by Gasteiger charge is 2.37. The van der Waals surface area contributed by atoms with Crippen LogP contribution in [-0.2, 0) is 9.59 Å². The molecule has 4 amide bonds. The molecule has 3 aromatic rings. The van der Waals surface area contributed by atoms with Crippen LogP contribution < -0.4 is 10.2 Å². The molecule has 9 heteroatoms. The van der Waals surface area contributed by atoms with Crippen LogP contribution in [-0.4, -0.2) is 22.8 Å². The SMILES string of the molecule is Cc1cc(C)cc(N2C(=O)NC(=O)C(=Cc3ccc(-c4cc([N+](=O)[O-])ccc4C)o3)C2=O)c1. The molecule has 1 fully saturated rings. The van der Waals surface area contributed by atoms with Crippen LogP contribution in [0.5, 0.6) is 0 Å². The molecule has 9 nitrogen and oxygen atoms in total. The summed E-state index contributed by atoms with van der Waals surface area (Å²) in [5.41, 5.74) is 2.97. The molecule has 0 radical (unpaired) electrons. The van der Waals surface area contributed by atoms with Crippen molar-refractivity contribution in [1.29, 1.82) is 0 Å². The van der Waals surface area contributed by atoms with E-state index in [4.69, 9.17) is 4.42 Å². The topological polar surface area (TPSA) is 123 Å². The van der Waals surface area contributed by atoms with Crippen LogP contribution in [0.15, 0.2) is 58.5 Å². The second-order valence-electron chi connectivity index (χ2n) is 7.76. The average Bonchev–Trinajstić information content (AvgIpc) is 3.19. The minimum absolute atomic E-state index is 0.0867. The van der Waals surface area contributed by atoms with Gasteiger partial charge in [-0.15, -0.1) is 0 Å². The molecule has 1 aliphatic heterocycles. The summed E-state index contributed by atoms with van der Waals surface area (Å²) in [6.45, 7) is 5.46. The van der Waals surface area contributed by atoms with Crippen LogP contribution in [0.25, 0.3) is 17.4 Å². The maximum absolute atomic E-state index is 13.1. The fraction of sp³-hybridized carbons (Fsp3) is 0.125. The van der Waals surface area contributed by atoms with Gasteiger partial charge in [0.1, 0.15) is 17.1 Å². The van der Waals surface area contributed by atoms with Gasteiger partial charge < -0.3 is 4.42 Å². The summed E-state index contributed by atoms with van der Waals surface area (Å²) < 4.78 is 5.76. The number of barbiturate groups is 1. The first-order chi connectivity index (χ1) is 15.6. The lowest BCUT2D eigenvalue weighted by Crippen LogP contribution is -2.54. The van der Waals surface area contributed by atoms with E-state index in [1.54, 1.807) is 37.3 Å². The fourth-order valence-electron chi connectivity index (χ4n) is 3.68. The highest BCUT2D eigenvalue weighted by atomic mass is 16.6. The first-order valence-electron chi connectivity index (χ1n) is 9.99. The molecule has 0 bridgehead atoms. The van der Waals surface area contributed by atoms with Gasteiger partial charge in [-0.25, -0.2) is 9.69 Å². The molecule has 166 valence electrons. The van der Waals surface area contributed by atoms with Gasteiger partial charge in [0.2, 0.25) is 0 Å². The standard InChI is InChI=1S/C24H19N3O6/c1-13-8-14(2)10-17(9-13)26-23(29)20(22(28)25-24(26)30)12-18-6-7-21(33-18)19-11-16(27(31)32)5-4-15(19)3/h4-12H,1-3H3,(H,25,28,30). The summed E-state index contributed by atoms with van der Waals surface area (Å²) in [7, 11) is 0. The Morgan fingerprint density at radius 1 is 0.970 bits per heavy atom. The Morgan fingerprint density at radius 3 is 2.33 bits per heavy atom. The molecule has 2 aromatic carbocycles. The zero-order valence-corrected chi connectivity index (χ0v) is 18.0. The minimum atomic E-state index is -0.838. The number of nitro benzene ring substituents is 1. The molecule has 0 aliphatic carbocycles. The van der Waals surface area contributed by atoms with Gasteiger partial charge in [0.25, 0.3) is 17.5 Å². The number of nitrogens with one attached hydrogen (secondary N) is 1. The van der Waals surface area contributed by atoms with Crippen molar-refractivity contribution in [2.45, 2.75) is 20.8 Å². The van der Waals surface area contributed by atoms with Gasteiger partial charge in [-0.1, -0.05) is 12.1 Å². The van der Waals surface area contributed by atoms with Crippen molar-refractivity contribution in [2.24, 2.45) is 0 Å². The van der Waals surface area contributed by atoms with Crippen LogP contribution >= 0.6 is 0 Å². The van der Waals surface area contributed by atoms with E-state index in [-0.39, 0.29) is 17.0 Å². The summed E-state index contributed by atoms with van der Waals surface area (Å²) in [5.74, 6) is -1.09. The Balaban J connectivity index is 1.71. The van der Waals surface area contributed by atoms with Crippen molar-refractivity contribution < 1.29 is 23.7 Å². The van der Waals surface area contributed by atoms with Gasteiger partial charge in [-0.3, -0.25) is 25.0 Å². The molecule has 0 saturated carbocycles. The van der Waals surface area contributed by atoms with E-state index < -0.39 is 22.8 Å². The van der Waals surface area contributed by atoms with E-state index in [0.29, 0.717) is 17.0 Å². The van der Waals surface area contributed by atoms with Gasteiger partial charge in [0.15, 0.2) is 0 Å². The third-order valence-electron chi connectivity index (χ3n) is 5.18. The minimum Gasteiger partial charge on any atom is -0.457 e. The number of imide groups is 2. The van der Waals surface area contributed by atoms with Gasteiger partial charge in [0.05, 0.1) is 10.6 Å². The molecule has 0 spiro atoms. The average molecular weight is 445 g/mol. The number of nitro groups is 1. The Bertz CT molecular complexity index is 1350. The number of carbonyl (C=O) groups excluding carboxylic acids is 3. The summed E-state index contributed by atoms with van der Waals surface area (Å²) in [6.07, 6.45) is 1.25. The molecule has 4 rings (SSSR count). The second kappa shape index (κ2) is 8.19. The van der Waals surface area contributed by atoms with E-state index in [1.165, 1.54) is 18.2 Å². The van der Waals surface area contributed by atoms with Gasteiger partial charge >= 0.3 is 6.03 Å². The van der Waals surface area contributed by atoms with E-state index in [1.807, 2.05) is 19.9 Å². The molecule has 1 aliphatic rings. The highest BCUT2D eigenvalue weighted by molar-refractivity contribution is 6.39. The van der Waals surface area contributed by atoms with Crippen molar-refractivity contribution >= 4 is 35.3 Å². The van der Waals surface area contributed by atoms with Crippen LogP contribution in [0.3, 0.4) is 0 Å². The molecular weight excluding hydrogens is 426 g/mol. The van der Waals surface area contributed by atoms with Crippen LogP contribution in [0, 0.1) is 30.9 Å². The van der Waals surface area contributed by atoms with Crippen LogP contribution in [0.1, 0.15) is 22.5 Å². The van der Waals surface area contributed by atoms with E-state index in [9.17, 15) is 24.5 Å². The molecule has 33 heavy (non-hydrogen) atoms. The van der Waals surface area contributed by atoms with Gasteiger partial charge in [-0.05, 0) is 67.8 Å². The highest BCUT2D eigenvalue weighted by Crippen LogP contribution is 2.30. The van der Waals surface area contributed by atoms with Crippen molar-refractivity contribution in [3.05, 3.63) is 86.7 Å². The maximum Gasteiger partial charge on any atom is 0.335 e. The summed E-state index contributed by atoms with van der Waals surface area (Å²) in [4.78, 5) is 49.4. The number of non-ortho nitro benzene ring substituents is 1. The second-order valence-corrected chi connectivity index (χ2v) is 7.76. The number of rotatable bonds is 4. The molecule has 0 unspecified atom stereocenters. The summed E-state index contributed by atoms with van der Waals surface area (Å²) in [5, 5.41) is 13.3. The normalized spacial score (nSPS) is 15.2. The van der Waals surface area contributed by atoms with Crippen molar-refractivity contribution in [2.75, 3.05) is 4.90 Å². The number of hydrogen-bond acceptors (Lipinski definition) is 6. The number of hydrogen-bond donors (Lipinski definition) is 1. The Kier molecular flexibility index (Phi) is 5.39. The lowest BCUT2D eigenvalue weighted by molar-refractivity contribution is -0.384. The monoisotopic (exact) mass is 445 g/mol. The van der Waals surface area contributed by atoms with E-state index >= 15 is 0 Å². The number of amides is 4. The zero-order chi connectivity index (χ0) is 23.9. The van der Waals surface area contributed by atoms with E-state index in [0.717, 1.165) is 21.6 Å². The Hall–Kier alpha value is -4.53. The quantitative estimate of drug-likeness (QED) is 0.274. The Morgan fingerprint density at radius 2 is 1.67 bits per heavy atom. The number of nitrogens with zero attached hydrogens (tertiary/aromatic N) is 2. The van der Waals surface area contributed by atoms with Crippen molar-refractivity contribution in [3.63, 3.8) is 0 Å². The number of urea groups is 1. The maximum atomic E-state index is 13.1. The third kappa shape index (κ3) is 4.16. The Labute approximate surface area is 188 Å². The molecule has 1 saturated heterocycles. The zero-order valence-electron chi connectivity index (χ0n) is 18.0. The fourth-order valence-corrected chi connectivity index (χ4v) is 3.68. The lowest BCUT2D eigenvalue weighted by Gasteiger charge is -2.26.